The molecule has 3 atom stereocenters. The van der Waals surface area contributed by atoms with Gasteiger partial charge in [0.2, 0.25) is 10.0 Å². The van der Waals surface area contributed by atoms with Crippen LogP contribution < -0.4 is 10.5 Å². The van der Waals surface area contributed by atoms with Crippen LogP contribution in [0.3, 0.4) is 0 Å². The van der Waals surface area contributed by atoms with Crippen molar-refractivity contribution in [1.29, 1.82) is 0 Å². The molecule has 1 rings (SSSR count). The molecule has 0 saturated heterocycles. The van der Waals surface area contributed by atoms with Crippen LogP contribution >= 0.6 is 0 Å². The molecule has 18 heavy (non-hydrogen) atoms. The molecule has 1 amide bonds. The van der Waals surface area contributed by atoms with Crippen LogP contribution in [-0.2, 0) is 14.8 Å². The largest absolute Gasteiger partial charge is 0.390 e. The molecular weight excluding hydrogens is 254 g/mol. The number of rotatable bonds is 6. The predicted molar refractivity (Wildman–Crippen MR) is 70.6 cm³/mol. The molecule has 1 fully saturated rings. The molecule has 0 heterocycles. The van der Waals surface area contributed by atoms with Crippen LogP contribution in [0.15, 0.2) is 4.99 Å². The van der Waals surface area contributed by atoms with Crippen LogP contribution in [0.5, 0.6) is 0 Å². The summed E-state index contributed by atoms with van der Waals surface area (Å²) < 4.78 is 25.8. The molecule has 0 aromatic carbocycles. The van der Waals surface area contributed by atoms with Crippen molar-refractivity contribution in [3.8, 4) is 0 Å². The number of sulfonamides is 1. The zero-order valence-electron chi connectivity index (χ0n) is 11.0. The summed E-state index contributed by atoms with van der Waals surface area (Å²) in [5, 5.41) is -0.598. The van der Waals surface area contributed by atoms with Crippen LogP contribution in [0.4, 0.5) is 0 Å². The highest BCUT2D eigenvalue weighted by molar-refractivity contribution is 7.90. The quantitative estimate of drug-likeness (QED) is 0.540. The van der Waals surface area contributed by atoms with Gasteiger partial charge in [0.25, 0.3) is 5.91 Å². The fourth-order valence-corrected chi connectivity index (χ4v) is 3.04. The Labute approximate surface area is 108 Å². The maximum Gasteiger partial charge on any atom is 0.261 e. The number of aliphatic imine (C=N–C) groups is 1. The molecule has 3 unspecified atom stereocenters. The van der Waals surface area contributed by atoms with E-state index in [1.54, 1.807) is 13.8 Å². The lowest BCUT2D eigenvalue weighted by Gasteiger charge is -2.15. The zero-order valence-corrected chi connectivity index (χ0v) is 11.8. The third kappa shape index (κ3) is 2.66. The molecule has 3 N–H and O–H groups in total. The van der Waals surface area contributed by atoms with Crippen molar-refractivity contribution >= 4 is 22.3 Å². The van der Waals surface area contributed by atoms with Crippen molar-refractivity contribution in [3.63, 3.8) is 0 Å². The Hall–Kier alpha value is -1.11. The maximum absolute atomic E-state index is 12.1. The Bertz CT molecular complexity index is 446. The van der Waals surface area contributed by atoms with E-state index in [-0.39, 0.29) is 5.92 Å². The van der Waals surface area contributed by atoms with Crippen LogP contribution in [-0.4, -0.2) is 31.5 Å². The number of amides is 1. The first-order valence-corrected chi connectivity index (χ1v) is 7.70. The summed E-state index contributed by atoms with van der Waals surface area (Å²) in [5.41, 5.74) is 4.27. The molecule has 6 nitrogen and oxygen atoms in total. The second-order valence-electron chi connectivity index (χ2n) is 4.71. The van der Waals surface area contributed by atoms with Gasteiger partial charge in [-0.15, -0.1) is 0 Å². The first-order valence-electron chi connectivity index (χ1n) is 6.15. The van der Waals surface area contributed by atoms with Gasteiger partial charge in [0.1, 0.15) is 5.54 Å². The van der Waals surface area contributed by atoms with Crippen LogP contribution in [0.2, 0.25) is 0 Å². The van der Waals surface area contributed by atoms with E-state index in [4.69, 9.17) is 5.73 Å². The third-order valence-electron chi connectivity index (χ3n) is 3.60. The average molecular weight is 275 g/mol. The van der Waals surface area contributed by atoms with Crippen molar-refractivity contribution in [3.05, 3.63) is 0 Å². The third-order valence-corrected chi connectivity index (χ3v) is 5.47. The molecule has 1 aliphatic rings. The summed E-state index contributed by atoms with van der Waals surface area (Å²) in [7, 11) is -3.62. The van der Waals surface area contributed by atoms with Gasteiger partial charge in [-0.2, -0.15) is 0 Å². The second-order valence-corrected chi connectivity index (χ2v) is 6.81. The second kappa shape index (κ2) is 5.26. The smallest absolute Gasteiger partial charge is 0.261 e. The van der Waals surface area contributed by atoms with Crippen LogP contribution in [0, 0.1) is 5.92 Å². The zero-order chi connectivity index (χ0) is 14.0. The van der Waals surface area contributed by atoms with Gasteiger partial charge in [-0.3, -0.25) is 14.5 Å². The van der Waals surface area contributed by atoms with E-state index in [2.05, 4.69) is 9.71 Å². The molecular formula is C11H21N3O3S. The van der Waals surface area contributed by atoms with Crippen LogP contribution in [0.25, 0.3) is 0 Å². The van der Waals surface area contributed by atoms with Gasteiger partial charge in [-0.25, -0.2) is 8.42 Å². The van der Waals surface area contributed by atoms with Gasteiger partial charge < -0.3 is 5.73 Å². The number of carbonyl (C=O) groups is 1. The highest BCUT2D eigenvalue weighted by Crippen LogP contribution is 2.49. The highest BCUT2D eigenvalue weighted by atomic mass is 32.2. The van der Waals surface area contributed by atoms with E-state index in [0.717, 1.165) is 12.8 Å². The topological polar surface area (TPSA) is 102 Å². The Kier molecular flexibility index (Phi) is 4.37. The summed E-state index contributed by atoms with van der Waals surface area (Å²) in [5.74, 6) is -0.485. The number of carbonyl (C=O) groups excluding carboxylic acids is 1. The van der Waals surface area contributed by atoms with Crippen LogP contribution in [0.1, 0.15) is 40.0 Å². The molecule has 0 spiro atoms. The van der Waals surface area contributed by atoms with Gasteiger partial charge in [-0.1, -0.05) is 20.3 Å². The Morgan fingerprint density at radius 2 is 2.22 bits per heavy atom. The van der Waals surface area contributed by atoms with E-state index in [9.17, 15) is 13.2 Å². The fraction of sp³-hybridized carbons (Fsp3) is 0.818. The molecule has 7 heteroatoms. The number of nitrogens with two attached hydrogens (primary N) is 1. The van der Waals surface area contributed by atoms with Gasteiger partial charge >= 0.3 is 0 Å². The lowest BCUT2D eigenvalue weighted by atomic mass is 10.2. The molecule has 0 radical (unpaired) electrons. The van der Waals surface area contributed by atoms with Crippen molar-refractivity contribution < 1.29 is 13.2 Å². The lowest BCUT2D eigenvalue weighted by Crippen LogP contribution is -2.44. The minimum atomic E-state index is -3.62. The Morgan fingerprint density at radius 3 is 2.61 bits per heavy atom. The first kappa shape index (κ1) is 14.9. The minimum Gasteiger partial charge on any atom is -0.390 e. The molecule has 0 aromatic rings. The number of nitrogens with one attached hydrogen (secondary N) is 1. The molecule has 0 aromatic heterocycles. The normalized spacial score (nSPS) is 29.2. The summed E-state index contributed by atoms with van der Waals surface area (Å²) >= 11 is 0. The number of hydrogen-bond acceptors (Lipinski definition) is 4. The van der Waals surface area contributed by atoms with Crippen molar-refractivity contribution in [2.45, 2.75) is 50.8 Å². The predicted octanol–water partition coefficient (Wildman–Crippen LogP) is 0.387. The lowest BCUT2D eigenvalue weighted by molar-refractivity contribution is -0.121. The van der Waals surface area contributed by atoms with Crippen molar-refractivity contribution in [2.75, 3.05) is 0 Å². The molecule has 0 bridgehead atoms. The SMILES string of the molecule is CCC1CC1(N=CN)C(=O)NS(=O)(=O)C(C)CC. The van der Waals surface area contributed by atoms with E-state index >= 15 is 0 Å². The molecule has 0 aliphatic heterocycles. The molecule has 1 saturated carbocycles. The van der Waals surface area contributed by atoms with E-state index in [1.165, 1.54) is 0 Å². The van der Waals surface area contributed by atoms with Gasteiger partial charge in [-0.05, 0) is 25.7 Å². The Balaban J connectivity index is 2.83. The van der Waals surface area contributed by atoms with E-state index in [0.29, 0.717) is 12.8 Å². The maximum atomic E-state index is 12.1. The number of hydrogen-bond donors (Lipinski definition) is 2. The monoisotopic (exact) mass is 275 g/mol. The van der Waals surface area contributed by atoms with E-state index in [1.807, 2.05) is 6.92 Å². The fourth-order valence-electron chi connectivity index (χ4n) is 1.96. The number of nitrogens with zero attached hydrogens (tertiary/aromatic N) is 1. The van der Waals surface area contributed by atoms with Gasteiger partial charge in [0.05, 0.1) is 11.6 Å². The summed E-state index contributed by atoms with van der Waals surface area (Å²) in [6, 6.07) is 0. The average Bonchev–Trinajstić information content (AvgIpc) is 3.03. The summed E-state index contributed by atoms with van der Waals surface area (Å²) in [4.78, 5) is 16.0. The van der Waals surface area contributed by atoms with E-state index < -0.39 is 26.7 Å². The minimum absolute atomic E-state index is 0.0735. The van der Waals surface area contributed by atoms with Crippen molar-refractivity contribution in [1.82, 2.24) is 4.72 Å². The Morgan fingerprint density at radius 1 is 1.61 bits per heavy atom. The van der Waals surface area contributed by atoms with Crippen molar-refractivity contribution in [2.24, 2.45) is 16.6 Å². The van der Waals surface area contributed by atoms with Gasteiger partial charge in [0.15, 0.2) is 0 Å². The molecule has 1 aliphatic carbocycles. The summed E-state index contributed by atoms with van der Waals surface area (Å²) in [6.45, 7) is 5.27. The highest BCUT2D eigenvalue weighted by Gasteiger charge is 2.59. The standard InChI is InChI=1S/C11H21N3O3S/c1-4-8(3)18(16,17)14-10(15)11(13-7-12)6-9(11)5-2/h7-9H,4-6H2,1-3H3,(H2,12,13)(H,14,15). The summed E-state index contributed by atoms with van der Waals surface area (Å²) in [6.07, 6.45) is 2.85. The molecule has 104 valence electrons. The van der Waals surface area contributed by atoms with Gasteiger partial charge in [0, 0.05) is 0 Å². The first-order chi connectivity index (χ1) is 8.34.